The van der Waals surface area contributed by atoms with Crippen LogP contribution in [0.1, 0.15) is 11.1 Å². The van der Waals surface area contributed by atoms with Crippen LogP contribution in [0.2, 0.25) is 0 Å². The molecule has 0 unspecified atom stereocenters. The number of para-hydroxylation sites is 1. The van der Waals surface area contributed by atoms with Crippen LogP contribution in [0.3, 0.4) is 0 Å². The SMILES string of the molecule is O=C1NC(=O)N(c2ccc3c(c2)OCO3)C(=O)/C1=C/c1ccccc1OCc1ccc(I)cc1. The van der Waals surface area contributed by atoms with Crippen LogP contribution in [0.5, 0.6) is 17.2 Å². The molecule has 1 fully saturated rings. The smallest absolute Gasteiger partial charge is 0.335 e. The zero-order chi connectivity index (χ0) is 23.7. The van der Waals surface area contributed by atoms with Gasteiger partial charge in [0.1, 0.15) is 17.9 Å². The van der Waals surface area contributed by atoms with Crippen LogP contribution in [0.4, 0.5) is 10.5 Å². The Balaban J connectivity index is 1.43. The third-order valence-corrected chi connectivity index (χ3v) is 5.96. The molecule has 8 nitrogen and oxygen atoms in total. The van der Waals surface area contributed by atoms with E-state index in [2.05, 4.69) is 27.9 Å². The Morgan fingerprint density at radius 2 is 1.74 bits per heavy atom. The molecule has 34 heavy (non-hydrogen) atoms. The highest BCUT2D eigenvalue weighted by atomic mass is 127. The minimum atomic E-state index is -0.839. The summed E-state index contributed by atoms with van der Waals surface area (Å²) in [6.07, 6.45) is 1.42. The number of fused-ring (bicyclic) bond motifs is 1. The maximum atomic E-state index is 13.2. The van der Waals surface area contributed by atoms with E-state index in [-0.39, 0.29) is 18.1 Å². The van der Waals surface area contributed by atoms with Gasteiger partial charge in [0.05, 0.1) is 5.69 Å². The van der Waals surface area contributed by atoms with Crippen LogP contribution in [0.15, 0.2) is 72.3 Å². The van der Waals surface area contributed by atoms with Crippen molar-refractivity contribution in [2.75, 3.05) is 11.7 Å². The molecule has 0 bridgehead atoms. The molecule has 4 amide bonds. The number of rotatable bonds is 5. The molecule has 2 aliphatic rings. The first kappa shape index (κ1) is 22.0. The molecule has 2 aliphatic heterocycles. The van der Waals surface area contributed by atoms with Gasteiger partial charge >= 0.3 is 6.03 Å². The van der Waals surface area contributed by atoms with Crippen molar-refractivity contribution in [3.05, 3.63) is 87.0 Å². The average Bonchev–Trinajstić information content (AvgIpc) is 3.30. The van der Waals surface area contributed by atoms with E-state index in [9.17, 15) is 14.4 Å². The molecular formula is C25H17IN2O6. The van der Waals surface area contributed by atoms with Gasteiger partial charge in [-0.25, -0.2) is 9.69 Å². The minimum absolute atomic E-state index is 0.0571. The van der Waals surface area contributed by atoms with Crippen molar-refractivity contribution in [1.29, 1.82) is 0 Å². The van der Waals surface area contributed by atoms with E-state index < -0.39 is 17.8 Å². The summed E-state index contributed by atoms with van der Waals surface area (Å²) in [5.74, 6) is -0.102. The molecule has 2 heterocycles. The van der Waals surface area contributed by atoms with Gasteiger partial charge in [-0.1, -0.05) is 30.3 Å². The predicted molar refractivity (Wildman–Crippen MR) is 131 cm³/mol. The van der Waals surface area contributed by atoms with Crippen molar-refractivity contribution in [3.8, 4) is 17.2 Å². The van der Waals surface area contributed by atoms with Crippen LogP contribution >= 0.6 is 22.6 Å². The third kappa shape index (κ3) is 4.34. The number of benzene rings is 3. The monoisotopic (exact) mass is 568 g/mol. The first-order valence-corrected chi connectivity index (χ1v) is 11.3. The standard InChI is InChI=1S/C25H17IN2O6/c26-17-7-5-15(6-8-17)13-32-20-4-2-1-3-16(20)11-19-23(29)27-25(31)28(24(19)30)18-9-10-21-22(12-18)34-14-33-21/h1-12H,13-14H2,(H,27,29,31)/b19-11+. The number of hydrogen-bond donors (Lipinski definition) is 1. The van der Waals surface area contributed by atoms with Gasteiger partial charge in [0.2, 0.25) is 6.79 Å². The quantitative estimate of drug-likeness (QED) is 0.281. The van der Waals surface area contributed by atoms with Crippen molar-refractivity contribution in [1.82, 2.24) is 5.32 Å². The van der Waals surface area contributed by atoms with E-state index in [0.717, 1.165) is 14.0 Å². The van der Waals surface area contributed by atoms with Crippen LogP contribution in [-0.2, 0) is 16.2 Å². The summed E-state index contributed by atoms with van der Waals surface area (Å²) >= 11 is 2.23. The Bertz CT molecular complexity index is 1340. The highest BCUT2D eigenvalue weighted by molar-refractivity contribution is 14.1. The van der Waals surface area contributed by atoms with Crippen LogP contribution < -0.4 is 24.4 Å². The molecule has 0 aliphatic carbocycles. The number of ether oxygens (including phenoxy) is 3. The molecule has 1 N–H and O–H groups in total. The maximum Gasteiger partial charge on any atom is 0.335 e. The fourth-order valence-corrected chi connectivity index (χ4v) is 3.90. The summed E-state index contributed by atoms with van der Waals surface area (Å²) < 4.78 is 17.7. The van der Waals surface area contributed by atoms with Gasteiger partial charge in [0, 0.05) is 15.2 Å². The number of amides is 4. The summed E-state index contributed by atoms with van der Waals surface area (Å²) in [5, 5.41) is 2.22. The second-order valence-corrected chi connectivity index (χ2v) is 8.69. The average molecular weight is 568 g/mol. The Morgan fingerprint density at radius 1 is 0.971 bits per heavy atom. The van der Waals surface area contributed by atoms with E-state index in [1.54, 1.807) is 36.4 Å². The minimum Gasteiger partial charge on any atom is -0.488 e. The van der Waals surface area contributed by atoms with Crippen molar-refractivity contribution >= 4 is 52.2 Å². The zero-order valence-corrected chi connectivity index (χ0v) is 19.8. The molecule has 1 saturated heterocycles. The first-order chi connectivity index (χ1) is 16.5. The summed E-state index contributed by atoms with van der Waals surface area (Å²) in [4.78, 5) is 39.2. The van der Waals surface area contributed by atoms with Gasteiger partial charge in [0.15, 0.2) is 11.5 Å². The fourth-order valence-electron chi connectivity index (χ4n) is 3.54. The van der Waals surface area contributed by atoms with E-state index in [1.165, 1.54) is 12.1 Å². The molecule has 170 valence electrons. The van der Waals surface area contributed by atoms with E-state index in [4.69, 9.17) is 14.2 Å². The number of hydrogen-bond acceptors (Lipinski definition) is 6. The second kappa shape index (κ2) is 9.18. The van der Waals surface area contributed by atoms with Gasteiger partial charge in [-0.3, -0.25) is 14.9 Å². The van der Waals surface area contributed by atoms with Gasteiger partial charge in [-0.15, -0.1) is 0 Å². The van der Waals surface area contributed by atoms with Crippen molar-refractivity contribution in [2.45, 2.75) is 6.61 Å². The molecule has 0 atom stereocenters. The van der Waals surface area contributed by atoms with Gasteiger partial charge in [-0.05, 0) is 64.6 Å². The summed E-state index contributed by atoms with van der Waals surface area (Å²) in [6.45, 7) is 0.376. The number of anilines is 1. The molecule has 0 spiro atoms. The highest BCUT2D eigenvalue weighted by Crippen LogP contribution is 2.36. The largest absolute Gasteiger partial charge is 0.488 e. The predicted octanol–water partition coefficient (Wildman–Crippen LogP) is 4.27. The third-order valence-electron chi connectivity index (χ3n) is 5.24. The van der Waals surface area contributed by atoms with Crippen molar-refractivity contribution in [3.63, 3.8) is 0 Å². The molecule has 0 aromatic heterocycles. The lowest BCUT2D eigenvalue weighted by Crippen LogP contribution is -2.54. The van der Waals surface area contributed by atoms with E-state index >= 15 is 0 Å². The highest BCUT2D eigenvalue weighted by Gasteiger charge is 2.37. The fraction of sp³-hybridized carbons (Fsp3) is 0.0800. The Morgan fingerprint density at radius 3 is 2.56 bits per heavy atom. The number of carbonyl (C=O) groups is 3. The number of halogens is 1. The van der Waals surface area contributed by atoms with Gasteiger partial charge in [-0.2, -0.15) is 0 Å². The van der Waals surface area contributed by atoms with Crippen LogP contribution in [0.25, 0.3) is 6.08 Å². The van der Waals surface area contributed by atoms with E-state index in [1.807, 2.05) is 24.3 Å². The topological polar surface area (TPSA) is 94.2 Å². The lowest BCUT2D eigenvalue weighted by molar-refractivity contribution is -0.122. The number of urea groups is 1. The number of carbonyl (C=O) groups excluding carboxylic acids is 3. The Kier molecular flexibility index (Phi) is 5.93. The normalized spacial score (nSPS) is 16.1. The Hall–Kier alpha value is -3.86. The summed E-state index contributed by atoms with van der Waals surface area (Å²) in [7, 11) is 0. The number of barbiturate groups is 1. The zero-order valence-electron chi connectivity index (χ0n) is 17.6. The lowest BCUT2D eigenvalue weighted by Gasteiger charge is -2.26. The number of nitrogens with one attached hydrogen (secondary N) is 1. The van der Waals surface area contributed by atoms with Crippen LogP contribution in [0, 0.1) is 3.57 Å². The molecule has 0 radical (unpaired) electrons. The van der Waals surface area contributed by atoms with Gasteiger partial charge in [0.25, 0.3) is 11.8 Å². The molecule has 5 rings (SSSR count). The van der Waals surface area contributed by atoms with Crippen LogP contribution in [-0.4, -0.2) is 24.6 Å². The number of imide groups is 2. The molecule has 3 aromatic carbocycles. The summed E-state index contributed by atoms with van der Waals surface area (Å²) in [5.41, 5.74) is 1.58. The summed E-state index contributed by atoms with van der Waals surface area (Å²) in [6, 6.07) is 18.8. The van der Waals surface area contributed by atoms with E-state index in [0.29, 0.717) is 29.4 Å². The second-order valence-electron chi connectivity index (χ2n) is 7.45. The van der Waals surface area contributed by atoms with Crippen molar-refractivity contribution < 1.29 is 28.6 Å². The number of nitrogens with zero attached hydrogens (tertiary/aromatic N) is 1. The van der Waals surface area contributed by atoms with Crippen molar-refractivity contribution in [2.24, 2.45) is 0 Å². The first-order valence-electron chi connectivity index (χ1n) is 10.3. The maximum absolute atomic E-state index is 13.2. The molecule has 3 aromatic rings. The lowest BCUT2D eigenvalue weighted by atomic mass is 10.1. The Labute approximate surface area is 208 Å². The molecular weight excluding hydrogens is 551 g/mol. The molecule has 9 heteroatoms. The van der Waals surface area contributed by atoms with Gasteiger partial charge < -0.3 is 14.2 Å². The molecule has 0 saturated carbocycles.